The molecule has 11 heavy (non-hydrogen) atoms. The van der Waals surface area contributed by atoms with Crippen molar-refractivity contribution in [1.29, 1.82) is 0 Å². The summed E-state index contributed by atoms with van der Waals surface area (Å²) >= 11 is 0. The first-order valence-electron chi connectivity index (χ1n) is 3.46. The molecule has 2 rings (SSSR count). The van der Waals surface area contributed by atoms with Gasteiger partial charge in [0.1, 0.15) is 12.1 Å². The molecule has 0 aliphatic heterocycles. The number of aromatic nitrogens is 2. The molecule has 2 N–H and O–H groups in total. The lowest BCUT2D eigenvalue weighted by Crippen LogP contribution is -1.86. The van der Waals surface area contributed by atoms with Crippen molar-refractivity contribution >= 4 is 11.3 Å². The van der Waals surface area contributed by atoms with Gasteiger partial charge in [0.05, 0.1) is 5.52 Å². The highest BCUT2D eigenvalue weighted by Gasteiger charge is 1.97. The lowest BCUT2D eigenvalue weighted by Gasteiger charge is -1.94. The zero-order chi connectivity index (χ0) is 7.84. The lowest BCUT2D eigenvalue weighted by atomic mass is 10.3. The van der Waals surface area contributed by atoms with Crippen LogP contribution < -0.4 is 5.73 Å². The second-order valence-electron chi connectivity index (χ2n) is 2.63. The first-order valence-corrected chi connectivity index (χ1v) is 3.46. The van der Waals surface area contributed by atoms with E-state index in [1.807, 2.05) is 29.7 Å². The van der Waals surface area contributed by atoms with Gasteiger partial charge in [-0.05, 0) is 24.6 Å². The van der Waals surface area contributed by atoms with Crippen molar-refractivity contribution in [2.45, 2.75) is 6.92 Å². The van der Waals surface area contributed by atoms with E-state index in [1.165, 1.54) is 5.56 Å². The monoisotopic (exact) mass is 147 g/mol. The van der Waals surface area contributed by atoms with Gasteiger partial charge < -0.3 is 10.1 Å². The Morgan fingerprint density at radius 3 is 3.18 bits per heavy atom. The molecule has 2 aromatic heterocycles. The number of nitrogens with two attached hydrogens (primary N) is 1. The summed E-state index contributed by atoms with van der Waals surface area (Å²) in [5, 5.41) is 0. The van der Waals surface area contributed by atoms with E-state index in [0.717, 1.165) is 5.52 Å². The van der Waals surface area contributed by atoms with E-state index < -0.39 is 0 Å². The molecule has 0 fully saturated rings. The summed E-state index contributed by atoms with van der Waals surface area (Å²) in [5.74, 6) is 0.591. The third-order valence-electron chi connectivity index (χ3n) is 1.72. The van der Waals surface area contributed by atoms with Crippen LogP contribution in [-0.2, 0) is 0 Å². The minimum absolute atomic E-state index is 0.591. The summed E-state index contributed by atoms with van der Waals surface area (Å²) in [4.78, 5) is 3.98. The van der Waals surface area contributed by atoms with E-state index in [9.17, 15) is 0 Å². The van der Waals surface area contributed by atoms with Crippen LogP contribution in [0.3, 0.4) is 0 Å². The normalized spacial score (nSPS) is 10.6. The number of imidazole rings is 1. The van der Waals surface area contributed by atoms with Gasteiger partial charge in [0.25, 0.3) is 0 Å². The maximum absolute atomic E-state index is 5.61. The summed E-state index contributed by atoms with van der Waals surface area (Å²) in [5.41, 5.74) is 7.79. The number of rotatable bonds is 0. The molecule has 0 aliphatic carbocycles. The van der Waals surface area contributed by atoms with E-state index in [0.29, 0.717) is 5.82 Å². The Kier molecular flexibility index (Phi) is 1.12. The third kappa shape index (κ3) is 0.852. The Morgan fingerprint density at radius 2 is 2.36 bits per heavy atom. The van der Waals surface area contributed by atoms with Crippen LogP contribution in [0.5, 0.6) is 0 Å². The van der Waals surface area contributed by atoms with Gasteiger partial charge in [0, 0.05) is 6.20 Å². The zero-order valence-corrected chi connectivity index (χ0v) is 6.28. The molecule has 2 aromatic rings. The van der Waals surface area contributed by atoms with Gasteiger partial charge in [-0.2, -0.15) is 0 Å². The van der Waals surface area contributed by atoms with Gasteiger partial charge >= 0.3 is 0 Å². The highest BCUT2D eigenvalue weighted by Crippen LogP contribution is 2.11. The first-order chi connectivity index (χ1) is 5.27. The van der Waals surface area contributed by atoms with E-state index >= 15 is 0 Å². The predicted molar refractivity (Wildman–Crippen MR) is 44.3 cm³/mol. The largest absolute Gasteiger partial charge is 0.382 e. The highest BCUT2D eigenvalue weighted by molar-refractivity contribution is 5.66. The molecule has 0 saturated carbocycles. The summed E-state index contributed by atoms with van der Waals surface area (Å²) in [7, 11) is 0. The van der Waals surface area contributed by atoms with Crippen LogP contribution in [0.4, 0.5) is 5.82 Å². The standard InChI is InChI=1S/C8H9N3/c1-6-2-3-11-5-10-8(9)7(11)4-6/h2-5H,9H2,1H3. The number of nitrogen functional groups attached to an aromatic ring is 1. The summed E-state index contributed by atoms with van der Waals surface area (Å²) in [6, 6.07) is 4.04. The van der Waals surface area contributed by atoms with Crippen LogP contribution >= 0.6 is 0 Å². The average Bonchev–Trinajstić information content (AvgIpc) is 2.33. The number of hydrogen-bond acceptors (Lipinski definition) is 2. The molecular weight excluding hydrogens is 138 g/mol. The van der Waals surface area contributed by atoms with Gasteiger partial charge in [0.15, 0.2) is 0 Å². The molecule has 0 aliphatic rings. The first kappa shape index (κ1) is 6.22. The Morgan fingerprint density at radius 1 is 1.55 bits per heavy atom. The van der Waals surface area contributed by atoms with Crippen LogP contribution in [-0.4, -0.2) is 9.38 Å². The minimum atomic E-state index is 0.591. The SMILES string of the molecule is Cc1ccn2cnc(N)c2c1. The lowest BCUT2D eigenvalue weighted by molar-refractivity contribution is 1.15. The van der Waals surface area contributed by atoms with E-state index in [1.54, 1.807) is 6.33 Å². The van der Waals surface area contributed by atoms with Crippen LogP contribution in [0.1, 0.15) is 5.56 Å². The molecular formula is C8H9N3. The Labute approximate surface area is 64.5 Å². The molecule has 0 amide bonds. The van der Waals surface area contributed by atoms with Crippen molar-refractivity contribution in [2.75, 3.05) is 5.73 Å². The molecule has 56 valence electrons. The summed E-state index contributed by atoms with van der Waals surface area (Å²) < 4.78 is 1.91. The predicted octanol–water partition coefficient (Wildman–Crippen LogP) is 1.22. The number of anilines is 1. The number of hydrogen-bond donors (Lipinski definition) is 1. The molecule has 0 spiro atoms. The maximum Gasteiger partial charge on any atom is 0.149 e. The second kappa shape index (κ2) is 1.99. The van der Waals surface area contributed by atoms with Crippen LogP contribution in [0.25, 0.3) is 5.52 Å². The fourth-order valence-electron chi connectivity index (χ4n) is 1.11. The van der Waals surface area contributed by atoms with Gasteiger partial charge in [-0.25, -0.2) is 4.98 Å². The number of aryl methyl sites for hydroxylation is 1. The fourth-order valence-corrected chi connectivity index (χ4v) is 1.11. The van der Waals surface area contributed by atoms with Crippen molar-refractivity contribution in [3.63, 3.8) is 0 Å². The molecule has 0 atom stereocenters. The van der Waals surface area contributed by atoms with E-state index in [-0.39, 0.29) is 0 Å². The molecule has 0 saturated heterocycles. The number of nitrogens with zero attached hydrogens (tertiary/aromatic N) is 2. The smallest absolute Gasteiger partial charge is 0.149 e. The Bertz CT molecular complexity index is 389. The van der Waals surface area contributed by atoms with Gasteiger partial charge in [-0.1, -0.05) is 0 Å². The maximum atomic E-state index is 5.61. The van der Waals surface area contributed by atoms with Crippen molar-refractivity contribution in [3.8, 4) is 0 Å². The summed E-state index contributed by atoms with van der Waals surface area (Å²) in [6.07, 6.45) is 3.66. The number of pyridine rings is 1. The zero-order valence-electron chi connectivity index (χ0n) is 6.28. The van der Waals surface area contributed by atoms with Crippen molar-refractivity contribution in [3.05, 3.63) is 30.2 Å². The van der Waals surface area contributed by atoms with Crippen LogP contribution in [0.2, 0.25) is 0 Å². The summed E-state index contributed by atoms with van der Waals surface area (Å²) in [6.45, 7) is 2.03. The fraction of sp³-hybridized carbons (Fsp3) is 0.125. The van der Waals surface area contributed by atoms with Crippen molar-refractivity contribution in [2.24, 2.45) is 0 Å². The Hall–Kier alpha value is -1.51. The van der Waals surface area contributed by atoms with E-state index in [4.69, 9.17) is 5.73 Å². The third-order valence-corrected chi connectivity index (χ3v) is 1.72. The molecule has 0 unspecified atom stereocenters. The van der Waals surface area contributed by atoms with E-state index in [2.05, 4.69) is 4.98 Å². The minimum Gasteiger partial charge on any atom is -0.382 e. The average molecular weight is 147 g/mol. The van der Waals surface area contributed by atoms with Gasteiger partial charge in [-0.15, -0.1) is 0 Å². The molecule has 3 heteroatoms. The Balaban J connectivity index is 2.87. The molecule has 2 heterocycles. The number of fused-ring (bicyclic) bond motifs is 1. The topological polar surface area (TPSA) is 43.3 Å². The molecule has 3 nitrogen and oxygen atoms in total. The van der Waals surface area contributed by atoms with Crippen molar-refractivity contribution in [1.82, 2.24) is 9.38 Å². The van der Waals surface area contributed by atoms with Crippen LogP contribution in [0.15, 0.2) is 24.7 Å². The van der Waals surface area contributed by atoms with Crippen molar-refractivity contribution < 1.29 is 0 Å². The van der Waals surface area contributed by atoms with Gasteiger partial charge in [0.2, 0.25) is 0 Å². The highest BCUT2D eigenvalue weighted by atomic mass is 15.0. The molecule has 0 radical (unpaired) electrons. The molecule has 0 bridgehead atoms. The van der Waals surface area contributed by atoms with Crippen LogP contribution in [0, 0.1) is 6.92 Å². The van der Waals surface area contributed by atoms with Gasteiger partial charge in [-0.3, -0.25) is 0 Å². The quantitative estimate of drug-likeness (QED) is 0.609. The molecule has 0 aromatic carbocycles. The second-order valence-corrected chi connectivity index (χ2v) is 2.63.